The minimum absolute atomic E-state index is 0.128. The molecule has 0 radical (unpaired) electrons. The van der Waals surface area contributed by atoms with Gasteiger partial charge in [-0.3, -0.25) is 0 Å². The normalized spacial score (nSPS) is 23.4. The van der Waals surface area contributed by atoms with Gasteiger partial charge in [-0.2, -0.15) is 0 Å². The SMILES string of the molecule is CCO[C@H](C)c1cccc([C@@H](C)OCC)c1[Se]C1CCOC1CC. The minimum atomic E-state index is 0.128. The van der Waals surface area contributed by atoms with Gasteiger partial charge in [-0.05, 0) is 0 Å². The van der Waals surface area contributed by atoms with Gasteiger partial charge in [-0.25, -0.2) is 0 Å². The predicted octanol–water partition coefficient (Wildman–Crippen LogP) is 4.20. The van der Waals surface area contributed by atoms with Gasteiger partial charge in [0, 0.05) is 0 Å². The van der Waals surface area contributed by atoms with Crippen LogP contribution in [0.25, 0.3) is 0 Å². The number of hydrogen-bond acceptors (Lipinski definition) is 3. The van der Waals surface area contributed by atoms with Gasteiger partial charge in [0.2, 0.25) is 0 Å². The molecule has 0 spiro atoms. The van der Waals surface area contributed by atoms with Crippen LogP contribution in [-0.4, -0.2) is 40.9 Å². The van der Waals surface area contributed by atoms with Crippen LogP contribution in [0.4, 0.5) is 0 Å². The fourth-order valence-electron chi connectivity index (χ4n) is 3.33. The van der Waals surface area contributed by atoms with E-state index in [0.29, 0.717) is 25.9 Å². The molecule has 4 heteroatoms. The van der Waals surface area contributed by atoms with Crippen molar-refractivity contribution in [3.8, 4) is 0 Å². The van der Waals surface area contributed by atoms with Gasteiger partial charge in [-0.15, -0.1) is 0 Å². The van der Waals surface area contributed by atoms with Crippen LogP contribution in [-0.2, 0) is 14.2 Å². The summed E-state index contributed by atoms with van der Waals surface area (Å²) < 4.78 is 19.2. The van der Waals surface area contributed by atoms with Crippen molar-refractivity contribution in [2.24, 2.45) is 0 Å². The summed E-state index contributed by atoms with van der Waals surface area (Å²) in [4.78, 5) is 0.657. The zero-order valence-electron chi connectivity index (χ0n) is 15.7. The molecular weight excluding hydrogens is 367 g/mol. The van der Waals surface area contributed by atoms with Crippen molar-refractivity contribution in [1.29, 1.82) is 0 Å². The van der Waals surface area contributed by atoms with E-state index in [1.165, 1.54) is 22.0 Å². The van der Waals surface area contributed by atoms with Gasteiger partial charge in [-0.1, -0.05) is 0 Å². The molecule has 1 aliphatic heterocycles. The Hall–Kier alpha value is -0.381. The zero-order valence-corrected chi connectivity index (χ0v) is 17.4. The maximum absolute atomic E-state index is 5.94. The topological polar surface area (TPSA) is 27.7 Å². The van der Waals surface area contributed by atoms with E-state index in [2.05, 4.69) is 52.8 Å². The Morgan fingerprint density at radius 3 is 2.17 bits per heavy atom. The molecule has 24 heavy (non-hydrogen) atoms. The molecule has 1 saturated heterocycles. The van der Waals surface area contributed by atoms with Crippen LogP contribution in [0.2, 0.25) is 4.82 Å². The summed E-state index contributed by atoms with van der Waals surface area (Å²) in [7, 11) is 0. The standard InChI is InChI=1S/C20H32O3Se/c1-6-18-19(12-13-23-18)24-20-16(14(4)21-7-2)10-9-11-17(20)15(5)22-8-3/h9-11,14-15,18-19H,6-8,12-13H2,1-5H3/t14-,15-,18?,19?/m1/s1. The van der Waals surface area contributed by atoms with Crippen molar-refractivity contribution >= 4 is 19.4 Å². The van der Waals surface area contributed by atoms with Crippen LogP contribution in [0.15, 0.2) is 18.2 Å². The van der Waals surface area contributed by atoms with E-state index in [9.17, 15) is 0 Å². The molecule has 1 aromatic carbocycles. The molecule has 1 aliphatic rings. The first-order chi connectivity index (χ1) is 11.6. The molecule has 0 aromatic heterocycles. The van der Waals surface area contributed by atoms with Crippen LogP contribution < -0.4 is 4.46 Å². The first-order valence-electron chi connectivity index (χ1n) is 9.26. The molecular formula is C20H32O3Se. The Kier molecular flexibility index (Phi) is 8.25. The average molecular weight is 399 g/mol. The number of rotatable bonds is 9. The molecule has 1 heterocycles. The van der Waals surface area contributed by atoms with E-state index in [1.54, 1.807) is 0 Å². The zero-order chi connectivity index (χ0) is 17.5. The number of hydrogen-bond donors (Lipinski definition) is 0. The Balaban J connectivity index is 2.35. The first kappa shape index (κ1) is 19.9. The summed E-state index contributed by atoms with van der Waals surface area (Å²) in [5, 5.41) is 0. The van der Waals surface area contributed by atoms with E-state index in [1.807, 2.05) is 0 Å². The summed E-state index contributed by atoms with van der Waals surface area (Å²) in [5.41, 5.74) is 2.67. The van der Waals surface area contributed by atoms with Crippen LogP contribution >= 0.6 is 0 Å². The van der Waals surface area contributed by atoms with Gasteiger partial charge < -0.3 is 0 Å². The Morgan fingerprint density at radius 2 is 1.67 bits per heavy atom. The third-order valence-electron chi connectivity index (χ3n) is 4.61. The second kappa shape index (κ2) is 9.94. The summed E-state index contributed by atoms with van der Waals surface area (Å²) >= 11 is 0.375. The first-order valence-corrected chi connectivity index (χ1v) is 11.1. The van der Waals surface area contributed by atoms with Crippen LogP contribution in [0, 0.1) is 0 Å². The molecule has 136 valence electrons. The van der Waals surface area contributed by atoms with Crippen molar-refractivity contribution in [3.63, 3.8) is 0 Å². The summed E-state index contributed by atoms with van der Waals surface area (Å²) in [6.07, 6.45) is 2.95. The second-order valence-corrected chi connectivity index (χ2v) is 8.84. The van der Waals surface area contributed by atoms with Gasteiger partial charge in [0.15, 0.2) is 0 Å². The summed E-state index contributed by atoms with van der Waals surface area (Å²) in [6.45, 7) is 13.1. The van der Waals surface area contributed by atoms with Crippen molar-refractivity contribution < 1.29 is 14.2 Å². The van der Waals surface area contributed by atoms with E-state index >= 15 is 0 Å². The van der Waals surface area contributed by atoms with Crippen molar-refractivity contribution in [3.05, 3.63) is 29.3 Å². The van der Waals surface area contributed by atoms with E-state index < -0.39 is 0 Å². The predicted molar refractivity (Wildman–Crippen MR) is 100 cm³/mol. The van der Waals surface area contributed by atoms with Crippen molar-refractivity contribution in [2.75, 3.05) is 19.8 Å². The van der Waals surface area contributed by atoms with Crippen molar-refractivity contribution in [2.45, 2.75) is 70.6 Å². The molecule has 0 aliphatic carbocycles. The van der Waals surface area contributed by atoms with Crippen LogP contribution in [0.3, 0.4) is 0 Å². The summed E-state index contributed by atoms with van der Waals surface area (Å²) in [5.74, 6) is 0. The van der Waals surface area contributed by atoms with E-state index in [0.717, 1.165) is 26.2 Å². The third kappa shape index (κ3) is 4.83. The van der Waals surface area contributed by atoms with Gasteiger partial charge in [0.25, 0.3) is 0 Å². The molecule has 3 nitrogen and oxygen atoms in total. The summed E-state index contributed by atoms with van der Waals surface area (Å²) in [6, 6.07) is 6.62. The molecule has 4 atom stereocenters. The fourth-order valence-corrected chi connectivity index (χ4v) is 6.85. The maximum atomic E-state index is 5.94. The van der Waals surface area contributed by atoms with Gasteiger partial charge in [0.05, 0.1) is 0 Å². The molecule has 2 rings (SSSR count). The van der Waals surface area contributed by atoms with Crippen LogP contribution in [0.5, 0.6) is 0 Å². The quantitative estimate of drug-likeness (QED) is 0.583. The average Bonchev–Trinajstić information content (AvgIpc) is 3.02. The number of benzene rings is 1. The van der Waals surface area contributed by atoms with E-state index in [4.69, 9.17) is 14.2 Å². The Bertz CT molecular complexity index is 475. The van der Waals surface area contributed by atoms with Gasteiger partial charge in [0.1, 0.15) is 0 Å². The Morgan fingerprint density at radius 1 is 1.08 bits per heavy atom. The molecule has 0 saturated carbocycles. The number of ether oxygens (including phenoxy) is 3. The van der Waals surface area contributed by atoms with Gasteiger partial charge >= 0.3 is 153 Å². The third-order valence-corrected chi connectivity index (χ3v) is 7.86. The van der Waals surface area contributed by atoms with Crippen LogP contribution in [0.1, 0.15) is 70.8 Å². The fraction of sp³-hybridized carbons (Fsp3) is 0.700. The molecule has 1 fully saturated rings. The van der Waals surface area contributed by atoms with Crippen molar-refractivity contribution in [1.82, 2.24) is 0 Å². The molecule has 1 aromatic rings. The monoisotopic (exact) mass is 400 g/mol. The molecule has 0 N–H and O–H groups in total. The molecule has 0 amide bonds. The molecule has 0 bridgehead atoms. The second-order valence-electron chi connectivity index (χ2n) is 6.22. The van der Waals surface area contributed by atoms with E-state index in [-0.39, 0.29) is 12.2 Å². The Labute approximate surface area is 153 Å². The molecule has 2 unspecified atom stereocenters.